The molecule has 1 amide bonds. The summed E-state index contributed by atoms with van der Waals surface area (Å²) in [4.78, 5) is 32.5. The Kier molecular flexibility index (Phi) is 5.94. The third-order valence-corrected chi connectivity index (χ3v) is 5.10. The summed E-state index contributed by atoms with van der Waals surface area (Å²) in [5, 5.41) is 9.26. The van der Waals surface area contributed by atoms with E-state index in [1.54, 1.807) is 24.3 Å². The molecule has 1 aromatic carbocycles. The van der Waals surface area contributed by atoms with Crippen LogP contribution in [0.25, 0.3) is 11.3 Å². The zero-order valence-corrected chi connectivity index (χ0v) is 16.4. The van der Waals surface area contributed by atoms with Crippen LogP contribution in [-0.2, 0) is 0 Å². The number of nitrogens with zero attached hydrogens (tertiary/aromatic N) is 3. The molecule has 0 spiro atoms. The molecular formula is C21H25N3O4. The molecule has 1 fully saturated rings. The first-order valence-electron chi connectivity index (χ1n) is 9.24. The molecule has 7 nitrogen and oxygen atoms in total. The average molecular weight is 383 g/mol. The van der Waals surface area contributed by atoms with Gasteiger partial charge in [-0.15, -0.1) is 0 Å². The van der Waals surface area contributed by atoms with Crippen molar-refractivity contribution in [2.75, 3.05) is 34.3 Å². The molecule has 2 heterocycles. The monoisotopic (exact) mass is 383 g/mol. The molecule has 0 radical (unpaired) electrons. The number of hydrogen-bond acceptors (Lipinski definition) is 5. The molecule has 0 bridgehead atoms. The normalized spacial score (nSPS) is 16.9. The van der Waals surface area contributed by atoms with E-state index in [4.69, 9.17) is 4.74 Å². The molecule has 1 N–H and O–H groups in total. The largest absolute Gasteiger partial charge is 0.481 e. The van der Waals surface area contributed by atoms with Crippen molar-refractivity contribution >= 4 is 11.9 Å². The summed E-state index contributed by atoms with van der Waals surface area (Å²) in [6, 6.07) is 10.3. The van der Waals surface area contributed by atoms with E-state index in [1.807, 2.05) is 19.0 Å². The Morgan fingerprint density at radius 3 is 2.50 bits per heavy atom. The van der Waals surface area contributed by atoms with E-state index in [0.717, 1.165) is 31.5 Å². The highest BCUT2D eigenvalue weighted by molar-refractivity contribution is 5.95. The summed E-state index contributed by atoms with van der Waals surface area (Å²) in [5.74, 6) is -0.796. The highest BCUT2D eigenvalue weighted by atomic mass is 16.5. The number of hydrogen-bond donors (Lipinski definition) is 1. The molecule has 1 atom stereocenters. The van der Waals surface area contributed by atoms with Gasteiger partial charge in [-0.2, -0.15) is 0 Å². The number of aromatic carboxylic acids is 1. The predicted molar refractivity (Wildman–Crippen MR) is 106 cm³/mol. The maximum absolute atomic E-state index is 12.9. The van der Waals surface area contributed by atoms with Crippen LogP contribution in [0.15, 0.2) is 36.4 Å². The number of carboxylic acid groups (broad SMARTS) is 1. The molecule has 1 aliphatic rings. The fourth-order valence-electron chi connectivity index (χ4n) is 3.41. The Morgan fingerprint density at radius 2 is 1.89 bits per heavy atom. The van der Waals surface area contributed by atoms with Crippen LogP contribution in [0.5, 0.6) is 5.88 Å². The molecule has 1 aromatic heterocycles. The maximum Gasteiger partial charge on any atom is 0.335 e. The molecule has 1 aliphatic heterocycles. The second-order valence-corrected chi connectivity index (χ2v) is 7.18. The highest BCUT2D eigenvalue weighted by Crippen LogP contribution is 2.24. The molecule has 0 aliphatic carbocycles. The number of amides is 1. The number of carbonyl (C=O) groups is 2. The third kappa shape index (κ3) is 4.31. The SMILES string of the molecule is COc1cc(C(=O)O)cc(-c2ccc(C(=O)N3CCC[C@H](N(C)C)C3)cc2)n1. The third-order valence-electron chi connectivity index (χ3n) is 5.10. The summed E-state index contributed by atoms with van der Waals surface area (Å²) in [6.45, 7) is 1.50. The lowest BCUT2D eigenvalue weighted by molar-refractivity contribution is 0.0634. The topological polar surface area (TPSA) is 83.0 Å². The van der Waals surface area contributed by atoms with E-state index in [-0.39, 0.29) is 17.4 Å². The summed E-state index contributed by atoms with van der Waals surface area (Å²) >= 11 is 0. The number of aromatic nitrogens is 1. The van der Waals surface area contributed by atoms with E-state index in [9.17, 15) is 14.7 Å². The average Bonchev–Trinajstić information content (AvgIpc) is 2.73. The summed E-state index contributed by atoms with van der Waals surface area (Å²) < 4.78 is 5.10. The highest BCUT2D eigenvalue weighted by Gasteiger charge is 2.25. The van der Waals surface area contributed by atoms with Gasteiger partial charge in [-0.05, 0) is 45.1 Å². The van der Waals surface area contributed by atoms with E-state index in [2.05, 4.69) is 9.88 Å². The fraction of sp³-hybridized carbons (Fsp3) is 0.381. The van der Waals surface area contributed by atoms with Crippen molar-refractivity contribution in [1.29, 1.82) is 0 Å². The van der Waals surface area contributed by atoms with E-state index < -0.39 is 5.97 Å². The van der Waals surface area contributed by atoms with Crippen molar-refractivity contribution in [3.63, 3.8) is 0 Å². The first-order valence-corrected chi connectivity index (χ1v) is 9.24. The molecule has 0 saturated carbocycles. The summed E-state index contributed by atoms with van der Waals surface area (Å²) in [5.41, 5.74) is 1.93. The van der Waals surface area contributed by atoms with Crippen LogP contribution in [0.1, 0.15) is 33.6 Å². The van der Waals surface area contributed by atoms with Crippen LogP contribution in [0.4, 0.5) is 0 Å². The zero-order chi connectivity index (χ0) is 20.3. The number of ether oxygens (including phenoxy) is 1. The number of likely N-dealkylation sites (tertiary alicyclic amines) is 1. The van der Waals surface area contributed by atoms with Crippen LogP contribution in [0.2, 0.25) is 0 Å². The Morgan fingerprint density at radius 1 is 1.18 bits per heavy atom. The molecule has 0 unspecified atom stereocenters. The number of carboxylic acids is 1. The van der Waals surface area contributed by atoms with E-state index in [0.29, 0.717) is 17.3 Å². The first-order chi connectivity index (χ1) is 13.4. The van der Waals surface area contributed by atoms with Crippen molar-refractivity contribution in [2.24, 2.45) is 0 Å². The number of carbonyl (C=O) groups excluding carboxylic acids is 1. The lowest BCUT2D eigenvalue weighted by Crippen LogP contribution is -2.47. The quantitative estimate of drug-likeness (QED) is 0.855. The standard InChI is InChI=1S/C21H25N3O4/c1-23(2)17-5-4-10-24(13-17)20(25)15-8-6-14(7-9-15)18-11-16(21(26)27)12-19(22-18)28-3/h6-9,11-12,17H,4-5,10,13H2,1-3H3,(H,26,27)/t17-/m0/s1. The van der Waals surface area contributed by atoms with E-state index in [1.165, 1.54) is 19.2 Å². The van der Waals surface area contributed by atoms with Crippen LogP contribution in [-0.4, -0.2) is 72.1 Å². The van der Waals surface area contributed by atoms with E-state index >= 15 is 0 Å². The van der Waals surface area contributed by atoms with Gasteiger partial charge in [0.2, 0.25) is 5.88 Å². The van der Waals surface area contributed by atoms with Crippen molar-refractivity contribution in [1.82, 2.24) is 14.8 Å². The van der Waals surface area contributed by atoms with Gasteiger partial charge in [-0.25, -0.2) is 9.78 Å². The molecule has 148 valence electrons. The van der Waals surface area contributed by atoms with Gasteiger partial charge in [0, 0.05) is 36.3 Å². The minimum atomic E-state index is -1.05. The number of rotatable bonds is 5. The number of piperidine rings is 1. The second kappa shape index (κ2) is 8.39. The Hall–Kier alpha value is -2.93. The number of benzene rings is 1. The Labute approximate surface area is 164 Å². The minimum absolute atomic E-state index is 0.0166. The number of methoxy groups -OCH3 is 1. The van der Waals surface area contributed by atoms with Gasteiger partial charge in [0.15, 0.2) is 0 Å². The smallest absolute Gasteiger partial charge is 0.335 e. The lowest BCUT2D eigenvalue weighted by Gasteiger charge is -2.36. The van der Waals surface area contributed by atoms with Crippen molar-refractivity contribution < 1.29 is 19.4 Å². The van der Waals surface area contributed by atoms with Crippen molar-refractivity contribution in [3.8, 4) is 17.1 Å². The zero-order valence-electron chi connectivity index (χ0n) is 16.4. The van der Waals surface area contributed by atoms with Crippen LogP contribution < -0.4 is 4.74 Å². The predicted octanol–water partition coefficient (Wildman–Crippen LogP) is 2.62. The molecule has 3 rings (SSSR count). The van der Waals surface area contributed by atoms with Crippen LogP contribution in [0.3, 0.4) is 0 Å². The number of likely N-dealkylation sites (N-methyl/N-ethyl adjacent to an activating group) is 1. The molecule has 28 heavy (non-hydrogen) atoms. The van der Waals surface area contributed by atoms with Crippen molar-refractivity contribution in [2.45, 2.75) is 18.9 Å². The number of pyridine rings is 1. The molecule has 7 heteroatoms. The second-order valence-electron chi connectivity index (χ2n) is 7.18. The molecule has 2 aromatic rings. The summed E-state index contributed by atoms with van der Waals surface area (Å²) in [7, 11) is 5.53. The van der Waals surface area contributed by atoms with Crippen LogP contribution >= 0.6 is 0 Å². The van der Waals surface area contributed by atoms with Gasteiger partial charge >= 0.3 is 5.97 Å². The van der Waals surface area contributed by atoms with Gasteiger partial charge in [0.1, 0.15) is 0 Å². The van der Waals surface area contributed by atoms with Gasteiger partial charge in [-0.3, -0.25) is 4.79 Å². The van der Waals surface area contributed by atoms with Crippen molar-refractivity contribution in [3.05, 3.63) is 47.5 Å². The Bertz CT molecular complexity index is 864. The van der Waals surface area contributed by atoms with Gasteiger partial charge in [0.05, 0.1) is 18.4 Å². The fourth-order valence-corrected chi connectivity index (χ4v) is 3.41. The Balaban J connectivity index is 1.81. The lowest BCUT2D eigenvalue weighted by atomic mass is 10.0. The molecular weight excluding hydrogens is 358 g/mol. The van der Waals surface area contributed by atoms with Gasteiger partial charge in [-0.1, -0.05) is 12.1 Å². The van der Waals surface area contributed by atoms with Gasteiger partial charge in [0.25, 0.3) is 5.91 Å². The maximum atomic E-state index is 12.9. The molecule has 1 saturated heterocycles. The van der Waals surface area contributed by atoms with Crippen LogP contribution in [0, 0.1) is 0 Å². The minimum Gasteiger partial charge on any atom is -0.481 e. The first kappa shape index (κ1) is 19.8. The summed E-state index contributed by atoms with van der Waals surface area (Å²) in [6.07, 6.45) is 2.10. The van der Waals surface area contributed by atoms with Gasteiger partial charge < -0.3 is 19.6 Å².